The van der Waals surface area contributed by atoms with Crippen molar-refractivity contribution in [3.05, 3.63) is 45.8 Å². The van der Waals surface area contributed by atoms with Crippen molar-refractivity contribution in [2.75, 3.05) is 50.0 Å². The Balaban J connectivity index is 1.67. The van der Waals surface area contributed by atoms with E-state index in [4.69, 9.17) is 4.74 Å². The van der Waals surface area contributed by atoms with Crippen molar-refractivity contribution < 1.29 is 9.66 Å². The van der Waals surface area contributed by atoms with Crippen LogP contribution in [-0.2, 0) is 4.74 Å². The second kappa shape index (κ2) is 9.43. The Labute approximate surface area is 164 Å². The highest BCUT2D eigenvalue weighted by Gasteiger charge is 2.23. The van der Waals surface area contributed by atoms with Gasteiger partial charge in [0.15, 0.2) is 0 Å². The van der Waals surface area contributed by atoms with Crippen molar-refractivity contribution in [1.82, 2.24) is 14.9 Å². The summed E-state index contributed by atoms with van der Waals surface area (Å²) in [5, 5.41) is 17.8. The van der Waals surface area contributed by atoms with Gasteiger partial charge in [0, 0.05) is 25.3 Å². The highest BCUT2D eigenvalue weighted by atomic mass is 16.6. The van der Waals surface area contributed by atoms with E-state index in [1.165, 1.54) is 6.33 Å². The van der Waals surface area contributed by atoms with Crippen LogP contribution in [0.1, 0.15) is 17.5 Å². The molecule has 1 aliphatic heterocycles. The number of rotatable bonds is 8. The molecular formula is C19H26N6O3. The van der Waals surface area contributed by atoms with E-state index in [1.807, 2.05) is 32.0 Å². The summed E-state index contributed by atoms with van der Waals surface area (Å²) in [5.74, 6) is 0.414. The molecule has 28 heavy (non-hydrogen) atoms. The number of ether oxygens (including phenoxy) is 1. The first-order chi connectivity index (χ1) is 13.5. The summed E-state index contributed by atoms with van der Waals surface area (Å²) in [6.07, 6.45) is 2.20. The fourth-order valence-electron chi connectivity index (χ4n) is 3.19. The van der Waals surface area contributed by atoms with E-state index in [0.717, 1.165) is 56.1 Å². The monoisotopic (exact) mass is 386 g/mol. The molecule has 1 aromatic heterocycles. The van der Waals surface area contributed by atoms with Crippen LogP contribution in [0.3, 0.4) is 0 Å². The molecule has 0 bridgehead atoms. The van der Waals surface area contributed by atoms with E-state index in [1.54, 1.807) is 0 Å². The topological polar surface area (TPSA) is 105 Å². The second-order valence-corrected chi connectivity index (χ2v) is 6.85. The Kier molecular flexibility index (Phi) is 6.72. The maximum Gasteiger partial charge on any atom is 0.353 e. The predicted molar refractivity (Wildman–Crippen MR) is 108 cm³/mol. The normalized spacial score (nSPS) is 14.6. The van der Waals surface area contributed by atoms with E-state index in [2.05, 4.69) is 25.5 Å². The van der Waals surface area contributed by atoms with Crippen LogP contribution in [0.25, 0.3) is 0 Å². The summed E-state index contributed by atoms with van der Waals surface area (Å²) in [6.45, 7) is 8.85. The van der Waals surface area contributed by atoms with Gasteiger partial charge < -0.3 is 15.4 Å². The van der Waals surface area contributed by atoms with Gasteiger partial charge in [-0.3, -0.25) is 15.0 Å². The summed E-state index contributed by atoms with van der Waals surface area (Å²) < 4.78 is 5.34. The molecule has 3 rings (SSSR count). The molecule has 9 heteroatoms. The van der Waals surface area contributed by atoms with Crippen LogP contribution in [0.2, 0.25) is 0 Å². The first kappa shape index (κ1) is 20.0. The average Bonchev–Trinajstić information content (AvgIpc) is 2.68. The zero-order valence-corrected chi connectivity index (χ0v) is 16.3. The summed E-state index contributed by atoms with van der Waals surface area (Å²) >= 11 is 0. The Hall–Kier alpha value is -2.78. The van der Waals surface area contributed by atoms with Gasteiger partial charge in [0.1, 0.15) is 6.33 Å². The van der Waals surface area contributed by atoms with Gasteiger partial charge in [-0.15, -0.1) is 0 Å². The van der Waals surface area contributed by atoms with Gasteiger partial charge in [0.25, 0.3) is 0 Å². The highest BCUT2D eigenvalue weighted by molar-refractivity contribution is 5.74. The first-order valence-corrected chi connectivity index (χ1v) is 9.42. The summed E-state index contributed by atoms with van der Waals surface area (Å²) in [4.78, 5) is 21.7. The standard InChI is InChI=1S/C19H26N6O3/c1-14-4-5-16(15(2)12-14)23-19-17(25(26)27)18(21-13-22-19)20-6-3-7-24-8-10-28-11-9-24/h4-5,12-13H,3,6-11H2,1-2H3,(H2,20,21,22,23). The number of morpholine rings is 1. The molecule has 1 fully saturated rings. The molecule has 2 N–H and O–H groups in total. The molecule has 0 saturated carbocycles. The van der Waals surface area contributed by atoms with Crippen molar-refractivity contribution in [1.29, 1.82) is 0 Å². The van der Waals surface area contributed by atoms with E-state index < -0.39 is 4.92 Å². The maximum absolute atomic E-state index is 11.7. The van der Waals surface area contributed by atoms with Crippen LogP contribution in [0.4, 0.5) is 23.0 Å². The average molecular weight is 386 g/mol. The number of benzene rings is 1. The third-order valence-electron chi connectivity index (χ3n) is 4.69. The largest absolute Gasteiger partial charge is 0.379 e. The number of nitrogens with zero attached hydrogens (tertiary/aromatic N) is 4. The minimum Gasteiger partial charge on any atom is -0.379 e. The molecule has 1 saturated heterocycles. The number of aryl methyl sites for hydroxylation is 2. The van der Waals surface area contributed by atoms with Gasteiger partial charge in [0.05, 0.1) is 18.1 Å². The summed E-state index contributed by atoms with van der Waals surface area (Å²) in [7, 11) is 0. The zero-order chi connectivity index (χ0) is 19.9. The molecule has 0 amide bonds. The smallest absolute Gasteiger partial charge is 0.353 e. The van der Waals surface area contributed by atoms with E-state index >= 15 is 0 Å². The minimum absolute atomic E-state index is 0.145. The van der Waals surface area contributed by atoms with E-state index in [0.29, 0.717) is 6.54 Å². The molecule has 9 nitrogen and oxygen atoms in total. The van der Waals surface area contributed by atoms with Gasteiger partial charge in [-0.1, -0.05) is 17.7 Å². The second-order valence-electron chi connectivity index (χ2n) is 6.85. The molecule has 0 atom stereocenters. The summed E-state index contributed by atoms with van der Waals surface area (Å²) in [6, 6.07) is 5.86. The molecule has 0 aliphatic carbocycles. The molecular weight excluding hydrogens is 360 g/mol. The molecule has 0 unspecified atom stereocenters. The van der Waals surface area contributed by atoms with Gasteiger partial charge in [0.2, 0.25) is 11.6 Å². The molecule has 0 spiro atoms. The number of nitro groups is 1. The van der Waals surface area contributed by atoms with Crippen LogP contribution < -0.4 is 10.6 Å². The zero-order valence-electron chi connectivity index (χ0n) is 16.3. The Morgan fingerprint density at radius 3 is 2.68 bits per heavy atom. The Morgan fingerprint density at radius 1 is 1.21 bits per heavy atom. The van der Waals surface area contributed by atoms with Gasteiger partial charge in [-0.25, -0.2) is 9.97 Å². The van der Waals surface area contributed by atoms with E-state index in [9.17, 15) is 10.1 Å². The van der Waals surface area contributed by atoms with Crippen LogP contribution in [0.15, 0.2) is 24.5 Å². The number of hydrogen-bond donors (Lipinski definition) is 2. The number of hydrogen-bond acceptors (Lipinski definition) is 8. The predicted octanol–water partition coefficient (Wildman–Crippen LogP) is 2.88. The fraction of sp³-hybridized carbons (Fsp3) is 0.474. The van der Waals surface area contributed by atoms with Gasteiger partial charge in [-0.05, 0) is 38.4 Å². The van der Waals surface area contributed by atoms with Crippen molar-refractivity contribution in [2.24, 2.45) is 0 Å². The molecule has 0 radical (unpaired) electrons. The number of aromatic nitrogens is 2. The van der Waals surface area contributed by atoms with Crippen LogP contribution in [0.5, 0.6) is 0 Å². The van der Waals surface area contributed by atoms with Crippen molar-refractivity contribution in [3.8, 4) is 0 Å². The third-order valence-corrected chi connectivity index (χ3v) is 4.69. The van der Waals surface area contributed by atoms with Crippen molar-refractivity contribution in [3.63, 3.8) is 0 Å². The van der Waals surface area contributed by atoms with E-state index in [-0.39, 0.29) is 17.3 Å². The lowest BCUT2D eigenvalue weighted by atomic mass is 10.1. The quantitative estimate of drug-likeness (QED) is 0.405. The maximum atomic E-state index is 11.7. The van der Waals surface area contributed by atoms with Crippen molar-refractivity contribution in [2.45, 2.75) is 20.3 Å². The summed E-state index contributed by atoms with van der Waals surface area (Å²) in [5.41, 5.74) is 2.76. The van der Waals surface area contributed by atoms with Crippen LogP contribution in [-0.4, -0.2) is 59.2 Å². The third kappa shape index (κ3) is 5.14. The SMILES string of the molecule is Cc1ccc(Nc2ncnc(NCCCN3CCOCC3)c2[N+](=O)[O-])c(C)c1. The Bertz CT molecular complexity index is 823. The van der Waals surface area contributed by atoms with Gasteiger partial charge in [-0.2, -0.15) is 0 Å². The molecule has 1 aromatic carbocycles. The van der Waals surface area contributed by atoms with Crippen molar-refractivity contribution >= 4 is 23.0 Å². The first-order valence-electron chi connectivity index (χ1n) is 9.42. The van der Waals surface area contributed by atoms with Crippen LogP contribution >= 0.6 is 0 Å². The molecule has 1 aliphatic rings. The fourth-order valence-corrected chi connectivity index (χ4v) is 3.19. The molecule has 2 heterocycles. The lowest BCUT2D eigenvalue weighted by Gasteiger charge is -2.26. The minimum atomic E-state index is -0.448. The lowest BCUT2D eigenvalue weighted by molar-refractivity contribution is -0.383. The number of anilines is 3. The molecule has 2 aromatic rings. The van der Waals surface area contributed by atoms with Crippen LogP contribution in [0, 0.1) is 24.0 Å². The Morgan fingerprint density at radius 2 is 1.96 bits per heavy atom. The van der Waals surface area contributed by atoms with Gasteiger partial charge >= 0.3 is 5.69 Å². The highest BCUT2D eigenvalue weighted by Crippen LogP contribution is 2.32. The molecule has 150 valence electrons. The lowest BCUT2D eigenvalue weighted by Crippen LogP contribution is -2.37. The number of nitrogens with one attached hydrogen (secondary N) is 2.